The van der Waals surface area contributed by atoms with Crippen LogP contribution in [0, 0.1) is 5.41 Å². The number of rotatable bonds is 6. The molecule has 0 heterocycles. The van der Waals surface area contributed by atoms with Crippen LogP contribution < -0.4 is 10.1 Å². The number of hydrogen-bond acceptors (Lipinski definition) is 2. The van der Waals surface area contributed by atoms with Gasteiger partial charge >= 0.3 is 0 Å². The number of amides is 1. The van der Waals surface area contributed by atoms with Crippen molar-refractivity contribution >= 4 is 17.5 Å². The number of carbonyl (C=O) groups excluding carboxylic acids is 1. The quantitative estimate of drug-likeness (QED) is 0.814. The molecule has 0 aliphatic heterocycles. The highest BCUT2D eigenvalue weighted by atomic mass is 35.5. The van der Waals surface area contributed by atoms with Gasteiger partial charge < -0.3 is 10.1 Å². The third-order valence-electron chi connectivity index (χ3n) is 2.89. The molecule has 0 aliphatic carbocycles. The second-order valence-electron chi connectivity index (χ2n) is 5.57. The monoisotopic (exact) mass is 283 g/mol. The molecule has 19 heavy (non-hydrogen) atoms. The molecular formula is C15H22ClNO2. The predicted molar refractivity (Wildman–Crippen MR) is 78.7 cm³/mol. The lowest BCUT2D eigenvalue weighted by atomic mass is 9.85. The number of benzene rings is 1. The molecule has 106 valence electrons. The summed E-state index contributed by atoms with van der Waals surface area (Å²) in [6.07, 6.45) is 0.752. The van der Waals surface area contributed by atoms with Crippen molar-refractivity contribution in [3.05, 3.63) is 30.3 Å². The van der Waals surface area contributed by atoms with Crippen LogP contribution in [0.2, 0.25) is 0 Å². The fraction of sp³-hybridized carbons (Fsp3) is 0.533. The van der Waals surface area contributed by atoms with Crippen LogP contribution >= 0.6 is 11.6 Å². The summed E-state index contributed by atoms with van der Waals surface area (Å²) >= 11 is 5.78. The minimum Gasteiger partial charge on any atom is -0.484 e. The van der Waals surface area contributed by atoms with Crippen LogP contribution in [0.25, 0.3) is 0 Å². The van der Waals surface area contributed by atoms with Crippen LogP contribution in [-0.4, -0.2) is 24.4 Å². The van der Waals surface area contributed by atoms with Gasteiger partial charge in [-0.3, -0.25) is 4.79 Å². The van der Waals surface area contributed by atoms with E-state index in [1.807, 2.05) is 30.3 Å². The minimum atomic E-state index is -0.117. The van der Waals surface area contributed by atoms with Gasteiger partial charge in [-0.05, 0) is 24.0 Å². The Bertz CT molecular complexity index is 387. The zero-order valence-corrected chi connectivity index (χ0v) is 12.5. The zero-order valence-electron chi connectivity index (χ0n) is 11.8. The van der Waals surface area contributed by atoms with Gasteiger partial charge in [0.2, 0.25) is 0 Å². The Morgan fingerprint density at radius 2 is 1.95 bits per heavy atom. The van der Waals surface area contributed by atoms with E-state index in [4.69, 9.17) is 16.3 Å². The third kappa shape index (κ3) is 5.97. The van der Waals surface area contributed by atoms with E-state index in [0.717, 1.165) is 6.42 Å². The van der Waals surface area contributed by atoms with Crippen molar-refractivity contribution in [3.8, 4) is 5.75 Å². The van der Waals surface area contributed by atoms with Crippen molar-refractivity contribution < 1.29 is 9.53 Å². The van der Waals surface area contributed by atoms with Gasteiger partial charge in [0.05, 0.1) is 0 Å². The van der Waals surface area contributed by atoms with Crippen molar-refractivity contribution in [2.75, 3.05) is 12.5 Å². The van der Waals surface area contributed by atoms with Gasteiger partial charge in [-0.25, -0.2) is 0 Å². The number of carbonyl (C=O) groups is 1. The molecular weight excluding hydrogens is 262 g/mol. The summed E-state index contributed by atoms with van der Waals surface area (Å²) in [6, 6.07) is 9.36. The molecule has 0 saturated carbocycles. The number of ether oxygens (including phenoxy) is 1. The molecule has 0 radical (unpaired) electrons. The number of alkyl halides is 1. The first-order valence-corrected chi connectivity index (χ1v) is 7.00. The molecule has 4 heteroatoms. The highest BCUT2D eigenvalue weighted by Gasteiger charge is 2.25. The van der Waals surface area contributed by atoms with Gasteiger partial charge in [0.15, 0.2) is 6.61 Å². The number of para-hydroxylation sites is 1. The van der Waals surface area contributed by atoms with Crippen LogP contribution in [-0.2, 0) is 4.79 Å². The van der Waals surface area contributed by atoms with Crippen LogP contribution in [0.3, 0.4) is 0 Å². The third-order valence-corrected chi connectivity index (χ3v) is 3.11. The summed E-state index contributed by atoms with van der Waals surface area (Å²) in [5, 5.41) is 2.98. The fourth-order valence-corrected chi connectivity index (χ4v) is 1.95. The molecule has 1 rings (SSSR count). The number of nitrogens with one attached hydrogen (secondary N) is 1. The first kappa shape index (κ1) is 15.8. The second-order valence-corrected chi connectivity index (χ2v) is 5.94. The van der Waals surface area contributed by atoms with Gasteiger partial charge in [0, 0.05) is 11.9 Å². The minimum absolute atomic E-state index is 0.0166. The molecule has 1 atom stereocenters. The normalized spacial score (nSPS) is 12.8. The predicted octanol–water partition coefficient (Wildman–Crippen LogP) is 3.23. The Morgan fingerprint density at radius 1 is 1.32 bits per heavy atom. The average Bonchev–Trinajstić information content (AvgIpc) is 2.36. The summed E-state index contributed by atoms with van der Waals surface area (Å²) in [4.78, 5) is 11.9. The molecule has 1 N–H and O–H groups in total. The first-order chi connectivity index (χ1) is 8.93. The van der Waals surface area contributed by atoms with Crippen molar-refractivity contribution in [2.24, 2.45) is 5.41 Å². The maximum absolute atomic E-state index is 11.9. The summed E-state index contributed by atoms with van der Waals surface area (Å²) in [5.74, 6) is 1.11. The van der Waals surface area contributed by atoms with Gasteiger partial charge in [-0.15, -0.1) is 11.6 Å². The molecule has 0 fully saturated rings. The Hall–Kier alpha value is -1.22. The first-order valence-electron chi connectivity index (χ1n) is 6.46. The van der Waals surface area contributed by atoms with Crippen LogP contribution in [0.1, 0.15) is 27.2 Å². The smallest absolute Gasteiger partial charge is 0.258 e. The standard InChI is InChI=1S/C15H22ClNO2/c1-15(2,3)13(9-10-16)17-14(18)11-19-12-7-5-4-6-8-12/h4-8,13H,9-11H2,1-3H3,(H,17,18). The van der Waals surface area contributed by atoms with E-state index in [0.29, 0.717) is 11.6 Å². The van der Waals surface area contributed by atoms with E-state index in [9.17, 15) is 4.79 Å². The molecule has 0 aliphatic rings. The lowest BCUT2D eigenvalue weighted by Gasteiger charge is -2.31. The maximum Gasteiger partial charge on any atom is 0.258 e. The van der Waals surface area contributed by atoms with Gasteiger partial charge in [-0.1, -0.05) is 39.0 Å². The van der Waals surface area contributed by atoms with Gasteiger partial charge in [0.1, 0.15) is 5.75 Å². The maximum atomic E-state index is 11.9. The molecule has 0 spiro atoms. The lowest BCUT2D eigenvalue weighted by Crippen LogP contribution is -2.45. The van der Waals surface area contributed by atoms with Crippen molar-refractivity contribution in [2.45, 2.75) is 33.2 Å². The summed E-state index contributed by atoms with van der Waals surface area (Å²) < 4.78 is 5.41. The Morgan fingerprint density at radius 3 is 2.47 bits per heavy atom. The molecule has 1 unspecified atom stereocenters. The topological polar surface area (TPSA) is 38.3 Å². The van der Waals surface area contributed by atoms with Crippen molar-refractivity contribution in [3.63, 3.8) is 0 Å². The largest absolute Gasteiger partial charge is 0.484 e. The Labute approximate surface area is 120 Å². The Kier molecular flexibility index (Phi) is 6.16. The molecule has 1 amide bonds. The highest BCUT2D eigenvalue weighted by molar-refractivity contribution is 6.17. The number of halogens is 1. The van der Waals surface area contributed by atoms with Gasteiger partial charge in [0.25, 0.3) is 5.91 Å². The SMILES string of the molecule is CC(C)(C)C(CCCl)NC(=O)COc1ccccc1. The van der Waals surface area contributed by atoms with E-state index in [1.165, 1.54) is 0 Å². The van der Waals surface area contributed by atoms with E-state index in [2.05, 4.69) is 26.1 Å². The van der Waals surface area contributed by atoms with Crippen molar-refractivity contribution in [1.82, 2.24) is 5.32 Å². The summed E-state index contributed by atoms with van der Waals surface area (Å²) in [6.45, 7) is 6.28. The van der Waals surface area contributed by atoms with E-state index in [1.54, 1.807) is 0 Å². The highest BCUT2D eigenvalue weighted by Crippen LogP contribution is 2.22. The average molecular weight is 284 g/mol. The number of hydrogen-bond donors (Lipinski definition) is 1. The lowest BCUT2D eigenvalue weighted by molar-refractivity contribution is -0.124. The van der Waals surface area contributed by atoms with E-state index < -0.39 is 0 Å². The van der Waals surface area contributed by atoms with Crippen LogP contribution in [0.4, 0.5) is 0 Å². The van der Waals surface area contributed by atoms with Crippen LogP contribution in [0.15, 0.2) is 30.3 Å². The molecule has 3 nitrogen and oxygen atoms in total. The van der Waals surface area contributed by atoms with E-state index >= 15 is 0 Å². The molecule has 0 bridgehead atoms. The summed E-state index contributed by atoms with van der Waals surface area (Å²) in [7, 11) is 0. The van der Waals surface area contributed by atoms with Crippen LogP contribution in [0.5, 0.6) is 5.75 Å². The molecule has 0 aromatic heterocycles. The zero-order chi connectivity index (χ0) is 14.3. The molecule has 1 aromatic carbocycles. The molecule has 0 saturated heterocycles. The Balaban J connectivity index is 2.45. The van der Waals surface area contributed by atoms with Crippen molar-refractivity contribution in [1.29, 1.82) is 0 Å². The summed E-state index contributed by atoms with van der Waals surface area (Å²) in [5.41, 5.74) is -0.0166. The van der Waals surface area contributed by atoms with E-state index in [-0.39, 0.29) is 24.0 Å². The van der Waals surface area contributed by atoms with Gasteiger partial charge in [-0.2, -0.15) is 0 Å². The second kappa shape index (κ2) is 7.39. The molecule has 1 aromatic rings. The fourth-order valence-electron chi connectivity index (χ4n) is 1.73.